The Balaban J connectivity index is 1.88. The number of aromatic nitrogens is 1. The molecule has 0 aliphatic heterocycles. The van der Waals surface area contributed by atoms with Crippen molar-refractivity contribution in [2.75, 3.05) is 5.75 Å². The van der Waals surface area contributed by atoms with E-state index in [0.29, 0.717) is 11.3 Å². The molecule has 1 aromatic heterocycles. The summed E-state index contributed by atoms with van der Waals surface area (Å²) in [7, 11) is -3.50. The van der Waals surface area contributed by atoms with Crippen LogP contribution in [0.25, 0.3) is 10.2 Å². The van der Waals surface area contributed by atoms with E-state index >= 15 is 0 Å². The highest BCUT2D eigenvalue weighted by atomic mass is 32.2. The van der Waals surface area contributed by atoms with Gasteiger partial charge in [-0.15, -0.1) is 6.58 Å². The molecule has 0 saturated heterocycles. The van der Waals surface area contributed by atoms with Crippen molar-refractivity contribution in [2.24, 2.45) is 4.99 Å². The number of nitrogens with zero attached hydrogens (tertiary/aromatic N) is 2. The second-order valence-electron chi connectivity index (χ2n) is 6.33. The third-order valence-corrected chi connectivity index (χ3v) is 7.15. The van der Waals surface area contributed by atoms with Crippen LogP contribution < -0.4 is 4.80 Å². The molecule has 0 saturated carbocycles. The second kappa shape index (κ2) is 8.67. The molecule has 28 heavy (non-hydrogen) atoms. The molecule has 0 aliphatic carbocycles. The van der Waals surface area contributed by atoms with E-state index in [0.717, 1.165) is 16.6 Å². The maximum Gasteiger partial charge on any atom is 0.249 e. The number of allylic oxidation sites excluding steroid dienone is 1. The summed E-state index contributed by atoms with van der Waals surface area (Å²) in [6.45, 7) is 6.40. The Morgan fingerprint density at radius 3 is 2.64 bits per heavy atom. The van der Waals surface area contributed by atoms with E-state index in [-0.39, 0.29) is 17.1 Å². The van der Waals surface area contributed by atoms with E-state index in [1.165, 1.54) is 29.0 Å². The van der Waals surface area contributed by atoms with Crippen molar-refractivity contribution in [3.63, 3.8) is 0 Å². The normalized spacial score (nSPS) is 12.4. The summed E-state index contributed by atoms with van der Waals surface area (Å²) >= 11 is 1.43. The zero-order chi connectivity index (χ0) is 20.1. The number of rotatable bonds is 7. The molecular weight excluding hydrogens is 392 g/mol. The Morgan fingerprint density at radius 2 is 1.96 bits per heavy atom. The highest BCUT2D eigenvalue weighted by Crippen LogP contribution is 2.20. The third-order valence-electron chi connectivity index (χ3n) is 4.37. The Labute approximate surface area is 168 Å². The monoisotopic (exact) mass is 414 g/mol. The molecule has 2 aromatic carbocycles. The molecule has 0 N–H and O–H groups in total. The van der Waals surface area contributed by atoms with Gasteiger partial charge in [0.2, 0.25) is 5.91 Å². The van der Waals surface area contributed by atoms with Crippen LogP contribution in [0.3, 0.4) is 0 Å². The van der Waals surface area contributed by atoms with Crippen LogP contribution in [0.5, 0.6) is 0 Å². The Hall–Kier alpha value is -2.51. The van der Waals surface area contributed by atoms with Crippen molar-refractivity contribution in [3.8, 4) is 0 Å². The molecule has 146 valence electrons. The molecule has 1 heterocycles. The molecule has 0 spiro atoms. The van der Waals surface area contributed by atoms with E-state index in [1.807, 2.05) is 10.6 Å². The van der Waals surface area contributed by atoms with Gasteiger partial charge in [0, 0.05) is 13.0 Å². The van der Waals surface area contributed by atoms with Gasteiger partial charge in [0.05, 0.1) is 20.9 Å². The molecular formula is C21H22N2O3S2. The van der Waals surface area contributed by atoms with Crippen molar-refractivity contribution in [1.29, 1.82) is 0 Å². The van der Waals surface area contributed by atoms with Gasteiger partial charge >= 0.3 is 0 Å². The molecule has 0 bridgehead atoms. The SMILES string of the molecule is C=CCn1c(=NC(=O)CCS(=O)(=O)c2ccccc2)sc2cc(CC)ccc21. The van der Waals surface area contributed by atoms with Crippen LogP contribution >= 0.6 is 11.3 Å². The van der Waals surface area contributed by atoms with Gasteiger partial charge in [-0.3, -0.25) is 4.79 Å². The van der Waals surface area contributed by atoms with E-state index in [2.05, 4.69) is 30.6 Å². The fraction of sp³-hybridized carbons (Fsp3) is 0.238. The first kappa shape index (κ1) is 20.2. The minimum atomic E-state index is -3.50. The Bertz CT molecular complexity index is 1170. The van der Waals surface area contributed by atoms with Gasteiger partial charge in [-0.1, -0.05) is 48.6 Å². The molecule has 1 amide bonds. The van der Waals surface area contributed by atoms with Gasteiger partial charge in [-0.25, -0.2) is 8.42 Å². The fourth-order valence-electron chi connectivity index (χ4n) is 2.86. The fourth-order valence-corrected chi connectivity index (χ4v) is 5.23. The van der Waals surface area contributed by atoms with E-state index < -0.39 is 15.7 Å². The van der Waals surface area contributed by atoms with Gasteiger partial charge in [0.15, 0.2) is 14.6 Å². The predicted molar refractivity (Wildman–Crippen MR) is 113 cm³/mol. The minimum absolute atomic E-state index is 0.153. The maximum atomic E-state index is 12.4. The van der Waals surface area contributed by atoms with E-state index in [4.69, 9.17) is 0 Å². The average molecular weight is 415 g/mol. The highest BCUT2D eigenvalue weighted by Gasteiger charge is 2.16. The van der Waals surface area contributed by atoms with Gasteiger partial charge in [-0.05, 0) is 36.2 Å². The van der Waals surface area contributed by atoms with Crippen LogP contribution in [0, 0.1) is 0 Å². The number of hydrogen-bond acceptors (Lipinski definition) is 4. The number of carbonyl (C=O) groups excluding carboxylic acids is 1. The molecule has 0 atom stereocenters. The van der Waals surface area contributed by atoms with Crippen LogP contribution in [-0.2, 0) is 27.6 Å². The Morgan fingerprint density at radius 1 is 1.21 bits per heavy atom. The smallest absolute Gasteiger partial charge is 0.249 e. The highest BCUT2D eigenvalue weighted by molar-refractivity contribution is 7.91. The van der Waals surface area contributed by atoms with Crippen molar-refractivity contribution >= 4 is 37.3 Å². The summed E-state index contributed by atoms with van der Waals surface area (Å²) in [6.07, 6.45) is 2.53. The Kier molecular flexibility index (Phi) is 6.26. The van der Waals surface area contributed by atoms with E-state index in [9.17, 15) is 13.2 Å². The second-order valence-corrected chi connectivity index (χ2v) is 9.45. The lowest BCUT2D eigenvalue weighted by Crippen LogP contribution is -2.17. The van der Waals surface area contributed by atoms with Crippen LogP contribution in [0.15, 0.2) is 71.1 Å². The van der Waals surface area contributed by atoms with Gasteiger partial charge in [-0.2, -0.15) is 4.99 Å². The van der Waals surface area contributed by atoms with Crippen LogP contribution in [0.4, 0.5) is 0 Å². The zero-order valence-corrected chi connectivity index (χ0v) is 17.3. The third kappa shape index (κ3) is 4.48. The number of amides is 1. The number of fused-ring (bicyclic) bond motifs is 1. The molecule has 7 heteroatoms. The topological polar surface area (TPSA) is 68.5 Å². The van der Waals surface area contributed by atoms with Gasteiger partial charge in [0.25, 0.3) is 0 Å². The van der Waals surface area contributed by atoms with Gasteiger partial charge in [0.1, 0.15) is 0 Å². The summed E-state index contributed by atoms with van der Waals surface area (Å²) in [5.74, 6) is -0.703. The van der Waals surface area contributed by atoms with Crippen LogP contribution in [0.2, 0.25) is 0 Å². The summed E-state index contributed by atoms with van der Waals surface area (Å²) in [5, 5.41) is 0. The van der Waals surface area contributed by atoms with Crippen LogP contribution in [-0.4, -0.2) is 24.6 Å². The average Bonchev–Trinajstić information content (AvgIpc) is 3.03. The number of hydrogen-bond donors (Lipinski definition) is 0. The largest absolute Gasteiger partial charge is 0.313 e. The lowest BCUT2D eigenvalue weighted by Gasteiger charge is -2.03. The quantitative estimate of drug-likeness (QED) is 0.553. The summed E-state index contributed by atoms with van der Waals surface area (Å²) in [4.78, 5) is 17.4. The summed E-state index contributed by atoms with van der Waals surface area (Å²) in [5.41, 5.74) is 2.21. The first-order valence-electron chi connectivity index (χ1n) is 9.03. The summed E-state index contributed by atoms with van der Waals surface area (Å²) < 4.78 is 27.7. The molecule has 0 unspecified atom stereocenters. The number of thiazole rings is 1. The molecule has 0 radical (unpaired) electrons. The number of aryl methyl sites for hydroxylation is 1. The molecule has 0 aliphatic rings. The molecule has 3 aromatic rings. The molecule has 0 fully saturated rings. The first-order valence-corrected chi connectivity index (χ1v) is 11.5. The maximum absolute atomic E-state index is 12.4. The number of carbonyl (C=O) groups is 1. The first-order chi connectivity index (χ1) is 13.4. The van der Waals surface area contributed by atoms with Crippen molar-refractivity contribution in [2.45, 2.75) is 31.2 Å². The lowest BCUT2D eigenvalue weighted by atomic mass is 10.2. The van der Waals surface area contributed by atoms with E-state index in [1.54, 1.807) is 24.3 Å². The minimum Gasteiger partial charge on any atom is -0.313 e. The van der Waals surface area contributed by atoms with Gasteiger partial charge < -0.3 is 4.57 Å². The predicted octanol–water partition coefficient (Wildman–Crippen LogP) is 3.74. The molecule has 3 rings (SSSR count). The van der Waals surface area contributed by atoms with Crippen molar-refractivity contribution in [3.05, 3.63) is 71.6 Å². The molecule has 5 nitrogen and oxygen atoms in total. The van der Waals surface area contributed by atoms with Crippen LogP contribution in [0.1, 0.15) is 18.9 Å². The summed E-state index contributed by atoms with van der Waals surface area (Å²) in [6, 6.07) is 14.3. The number of sulfone groups is 1. The van der Waals surface area contributed by atoms with Crippen molar-refractivity contribution < 1.29 is 13.2 Å². The zero-order valence-electron chi connectivity index (χ0n) is 15.7. The standard InChI is InChI=1S/C21H22N2O3S2/c1-3-13-23-18-11-10-16(4-2)15-19(18)27-21(23)22-20(24)12-14-28(25,26)17-8-6-5-7-9-17/h3,5-11,15H,1,4,12-14H2,2H3. The van der Waals surface area contributed by atoms with Crippen molar-refractivity contribution in [1.82, 2.24) is 4.57 Å². The lowest BCUT2D eigenvalue weighted by molar-refractivity contribution is -0.117. The number of benzene rings is 2.